The van der Waals surface area contributed by atoms with Crippen LogP contribution in [-0.4, -0.2) is 29.8 Å². The van der Waals surface area contributed by atoms with Gasteiger partial charge in [-0.15, -0.1) is 0 Å². The number of halogens is 6. The molecule has 0 saturated carbocycles. The highest BCUT2D eigenvalue weighted by atomic mass is 79.9. The Morgan fingerprint density at radius 1 is 1.48 bits per heavy atom. The molecule has 0 aliphatic carbocycles. The van der Waals surface area contributed by atoms with Crippen molar-refractivity contribution in [1.29, 1.82) is 0 Å². The van der Waals surface area contributed by atoms with E-state index in [1.807, 2.05) is 0 Å². The predicted octanol–water partition coefficient (Wildman–Crippen LogP) is 3.92. The molecule has 0 bridgehead atoms. The Hall–Kier alpha value is -1.25. The molecule has 0 fully saturated rings. The van der Waals surface area contributed by atoms with E-state index in [2.05, 4.69) is 30.6 Å². The van der Waals surface area contributed by atoms with Crippen LogP contribution in [0, 0.1) is 5.95 Å². The van der Waals surface area contributed by atoms with Gasteiger partial charge in [0.15, 0.2) is 12.0 Å². The molecule has 3 nitrogen and oxygen atoms in total. The molecule has 0 N–H and O–H groups in total. The highest BCUT2D eigenvalue weighted by Crippen LogP contribution is 2.42. The molecule has 0 saturated heterocycles. The van der Waals surface area contributed by atoms with Crippen molar-refractivity contribution in [1.82, 2.24) is 4.98 Å². The van der Waals surface area contributed by atoms with E-state index >= 15 is 0 Å². The van der Waals surface area contributed by atoms with Crippen LogP contribution < -0.4 is 0 Å². The van der Waals surface area contributed by atoms with Gasteiger partial charge < -0.3 is 4.74 Å². The molecule has 0 radical (unpaired) electrons. The number of hydrogen-bond acceptors (Lipinski definition) is 3. The lowest BCUT2D eigenvalue weighted by atomic mass is 9.85. The minimum absolute atomic E-state index is 0.314. The average molecular weight is 373 g/mol. The molecule has 21 heavy (non-hydrogen) atoms. The smallest absolute Gasteiger partial charge is 0.425 e. The summed E-state index contributed by atoms with van der Waals surface area (Å²) < 4.78 is 70.9. The molecular weight excluding hydrogens is 363 g/mol. The predicted molar refractivity (Wildman–Crippen MR) is 68.2 cm³/mol. The van der Waals surface area contributed by atoms with Crippen LogP contribution in [0.4, 0.5) is 22.0 Å². The van der Waals surface area contributed by atoms with Crippen LogP contribution >= 0.6 is 15.9 Å². The van der Waals surface area contributed by atoms with Gasteiger partial charge in [0.1, 0.15) is 12.2 Å². The Kier molecular flexibility index (Phi) is 4.23. The number of aromatic nitrogens is 1. The SMILES string of the molecule is CC1=N[C@](CF)(c2cc(Br)cnc2F)C[C@@H](C(F)(F)F)O1. The molecule has 9 heteroatoms. The minimum Gasteiger partial charge on any atom is -0.468 e. The molecule has 1 aromatic rings. The van der Waals surface area contributed by atoms with Crippen molar-refractivity contribution in [2.75, 3.05) is 6.67 Å². The van der Waals surface area contributed by atoms with Crippen molar-refractivity contribution < 1.29 is 26.7 Å². The van der Waals surface area contributed by atoms with Crippen LogP contribution in [0.15, 0.2) is 21.7 Å². The molecule has 116 valence electrons. The number of aliphatic imine (C=N–C) groups is 1. The Bertz CT molecular complexity index is 577. The van der Waals surface area contributed by atoms with Gasteiger partial charge in [0.05, 0.1) is 0 Å². The van der Waals surface area contributed by atoms with Crippen molar-refractivity contribution in [2.45, 2.75) is 31.2 Å². The van der Waals surface area contributed by atoms with Gasteiger partial charge in [-0.1, -0.05) is 0 Å². The number of ether oxygens (including phenoxy) is 1. The summed E-state index contributed by atoms with van der Waals surface area (Å²) in [5.74, 6) is -1.41. The summed E-state index contributed by atoms with van der Waals surface area (Å²) in [6, 6.07) is 1.18. The van der Waals surface area contributed by atoms with Crippen molar-refractivity contribution in [3.63, 3.8) is 0 Å². The van der Waals surface area contributed by atoms with E-state index in [4.69, 9.17) is 0 Å². The first kappa shape index (κ1) is 16.1. The molecule has 2 rings (SSSR count). The van der Waals surface area contributed by atoms with E-state index in [0.717, 1.165) is 6.20 Å². The Morgan fingerprint density at radius 3 is 2.71 bits per heavy atom. The molecule has 2 heterocycles. The summed E-state index contributed by atoms with van der Waals surface area (Å²) in [6.07, 6.45) is -6.67. The van der Waals surface area contributed by atoms with Crippen molar-refractivity contribution in [3.8, 4) is 0 Å². The molecule has 0 amide bonds. The van der Waals surface area contributed by atoms with Gasteiger partial charge in [0.25, 0.3) is 0 Å². The summed E-state index contributed by atoms with van der Waals surface area (Å²) in [5.41, 5.74) is -2.33. The van der Waals surface area contributed by atoms with E-state index < -0.39 is 36.9 Å². The van der Waals surface area contributed by atoms with Gasteiger partial charge in [-0.3, -0.25) is 0 Å². The fourth-order valence-corrected chi connectivity index (χ4v) is 2.52. The highest BCUT2D eigenvalue weighted by Gasteiger charge is 2.51. The zero-order valence-electron chi connectivity index (χ0n) is 10.7. The Balaban J connectivity index is 2.54. The van der Waals surface area contributed by atoms with E-state index in [9.17, 15) is 22.0 Å². The lowest BCUT2D eigenvalue weighted by molar-refractivity contribution is -0.209. The molecule has 0 unspecified atom stereocenters. The third-order valence-corrected chi connectivity index (χ3v) is 3.53. The van der Waals surface area contributed by atoms with Crippen molar-refractivity contribution >= 4 is 21.8 Å². The summed E-state index contributed by atoms with van der Waals surface area (Å²) in [6.45, 7) is -0.124. The molecular formula is C12H10BrF5N2O. The summed E-state index contributed by atoms with van der Waals surface area (Å²) in [4.78, 5) is 7.17. The lowest BCUT2D eigenvalue weighted by Gasteiger charge is -2.36. The third-order valence-electron chi connectivity index (χ3n) is 3.10. The fourth-order valence-electron chi connectivity index (χ4n) is 2.19. The standard InChI is InChI=1S/C12H10BrF5N2O/c1-6-20-11(5-14,3-9(21-6)12(16,17)18)8-2-7(13)4-19-10(8)15/h2,4,9H,3,5H2,1H3/t9-,11+/m0/s1. The first-order valence-electron chi connectivity index (χ1n) is 5.85. The molecule has 2 atom stereocenters. The summed E-state index contributed by atoms with van der Waals surface area (Å²) in [5, 5.41) is 0. The summed E-state index contributed by atoms with van der Waals surface area (Å²) >= 11 is 3.03. The second-order valence-electron chi connectivity index (χ2n) is 4.64. The Labute approximate surface area is 125 Å². The zero-order chi connectivity index (χ0) is 15.8. The van der Waals surface area contributed by atoms with Crippen LogP contribution in [0.5, 0.6) is 0 Å². The molecule has 1 aliphatic rings. The van der Waals surface area contributed by atoms with Crippen LogP contribution in [-0.2, 0) is 10.3 Å². The molecule has 1 aromatic heterocycles. The number of nitrogens with zero attached hydrogens (tertiary/aromatic N) is 2. The van der Waals surface area contributed by atoms with Gasteiger partial charge in [-0.25, -0.2) is 14.4 Å². The maximum atomic E-state index is 13.8. The van der Waals surface area contributed by atoms with E-state index in [1.165, 1.54) is 13.0 Å². The maximum absolute atomic E-state index is 13.8. The van der Waals surface area contributed by atoms with Gasteiger partial charge >= 0.3 is 6.18 Å². The van der Waals surface area contributed by atoms with Gasteiger partial charge in [0.2, 0.25) is 5.95 Å². The maximum Gasteiger partial charge on any atom is 0.425 e. The highest BCUT2D eigenvalue weighted by molar-refractivity contribution is 9.10. The van der Waals surface area contributed by atoms with Gasteiger partial charge in [0, 0.05) is 29.6 Å². The van der Waals surface area contributed by atoms with Crippen LogP contribution in [0.25, 0.3) is 0 Å². The number of pyridine rings is 1. The second kappa shape index (κ2) is 5.51. The van der Waals surface area contributed by atoms with Crippen LogP contribution in [0.2, 0.25) is 0 Å². The Morgan fingerprint density at radius 2 is 2.14 bits per heavy atom. The van der Waals surface area contributed by atoms with Crippen LogP contribution in [0.3, 0.4) is 0 Å². The van der Waals surface area contributed by atoms with Crippen molar-refractivity contribution in [2.24, 2.45) is 4.99 Å². The topological polar surface area (TPSA) is 34.5 Å². The molecule has 1 aliphatic heterocycles. The molecule has 0 aromatic carbocycles. The minimum atomic E-state index is -4.70. The second-order valence-corrected chi connectivity index (χ2v) is 5.56. The quantitative estimate of drug-likeness (QED) is 0.582. The first-order valence-corrected chi connectivity index (χ1v) is 6.64. The average Bonchev–Trinajstić information content (AvgIpc) is 2.39. The van der Waals surface area contributed by atoms with E-state index in [0.29, 0.717) is 4.47 Å². The van der Waals surface area contributed by atoms with Gasteiger partial charge in [-0.05, 0) is 22.0 Å². The van der Waals surface area contributed by atoms with Gasteiger partial charge in [-0.2, -0.15) is 17.6 Å². The monoisotopic (exact) mass is 372 g/mol. The largest absolute Gasteiger partial charge is 0.468 e. The summed E-state index contributed by atoms with van der Waals surface area (Å²) in [7, 11) is 0. The fraction of sp³-hybridized carbons (Fsp3) is 0.500. The number of rotatable bonds is 2. The molecule has 0 spiro atoms. The van der Waals surface area contributed by atoms with Crippen LogP contribution in [0.1, 0.15) is 18.9 Å². The first-order chi connectivity index (χ1) is 9.68. The normalized spacial score (nSPS) is 26.2. The van der Waals surface area contributed by atoms with E-state index in [-0.39, 0.29) is 11.5 Å². The third kappa shape index (κ3) is 3.17. The van der Waals surface area contributed by atoms with E-state index in [1.54, 1.807) is 0 Å². The van der Waals surface area contributed by atoms with Crippen molar-refractivity contribution in [3.05, 3.63) is 28.2 Å². The number of hydrogen-bond donors (Lipinski definition) is 0. The number of alkyl halides is 4. The lowest BCUT2D eigenvalue weighted by Crippen LogP contribution is -2.45. The zero-order valence-corrected chi connectivity index (χ0v) is 12.3.